The van der Waals surface area contributed by atoms with E-state index in [1.165, 1.54) is 36.1 Å². The monoisotopic (exact) mass is 177 g/mol. The van der Waals surface area contributed by atoms with Crippen molar-refractivity contribution in [1.29, 1.82) is 0 Å². The van der Waals surface area contributed by atoms with Gasteiger partial charge in [0.1, 0.15) is 5.60 Å². The summed E-state index contributed by atoms with van der Waals surface area (Å²) in [6, 6.07) is 0. The van der Waals surface area contributed by atoms with E-state index in [0.29, 0.717) is 0 Å². The molecule has 1 aliphatic heterocycles. The fourth-order valence-electron chi connectivity index (χ4n) is 2.80. The molecule has 3 rings (SSSR count). The number of fused-ring (bicyclic) bond motifs is 2. The highest BCUT2D eigenvalue weighted by Crippen LogP contribution is 2.49. The molecule has 0 saturated carbocycles. The molecule has 0 aromatic carbocycles. The van der Waals surface area contributed by atoms with Crippen LogP contribution in [-0.2, 0) is 23.8 Å². The largest absolute Gasteiger partial charge is 0.364 e. The summed E-state index contributed by atoms with van der Waals surface area (Å²) in [6.07, 6.45) is 5.97. The molecule has 2 aliphatic rings. The number of hydrogen-bond donors (Lipinski definition) is 0. The highest BCUT2D eigenvalue weighted by molar-refractivity contribution is 5.41. The first-order chi connectivity index (χ1) is 6.23. The molecule has 0 bridgehead atoms. The van der Waals surface area contributed by atoms with E-state index in [2.05, 4.69) is 24.7 Å². The highest BCUT2D eigenvalue weighted by atomic mass is 16.6. The summed E-state index contributed by atoms with van der Waals surface area (Å²) in [5, 5.41) is 0. The summed E-state index contributed by atoms with van der Waals surface area (Å²) < 4.78 is 7.92. The molecule has 1 spiro atoms. The first-order valence-electron chi connectivity index (χ1n) is 5.02. The van der Waals surface area contributed by atoms with Gasteiger partial charge in [0.15, 0.2) is 0 Å². The van der Waals surface area contributed by atoms with Gasteiger partial charge in [-0.15, -0.1) is 0 Å². The Kier molecular flexibility index (Phi) is 1.28. The van der Waals surface area contributed by atoms with Crippen molar-refractivity contribution in [3.63, 3.8) is 0 Å². The number of aryl methyl sites for hydroxylation is 2. The number of hydrogen-bond acceptors (Lipinski definition) is 1. The molecule has 2 heteroatoms. The Bertz CT molecular complexity index is 360. The van der Waals surface area contributed by atoms with Gasteiger partial charge in [0, 0.05) is 24.5 Å². The second-order valence-corrected chi connectivity index (χ2v) is 4.38. The van der Waals surface area contributed by atoms with Crippen LogP contribution in [0, 0.1) is 6.92 Å². The zero-order valence-electron chi connectivity index (χ0n) is 8.26. The van der Waals surface area contributed by atoms with Gasteiger partial charge < -0.3 is 9.30 Å². The molecule has 2 heterocycles. The molecular weight excluding hydrogens is 162 g/mol. The zero-order chi connectivity index (χ0) is 9.05. The smallest absolute Gasteiger partial charge is 0.119 e. The Morgan fingerprint density at radius 3 is 3.00 bits per heavy atom. The molecule has 1 fully saturated rings. The van der Waals surface area contributed by atoms with Crippen LogP contribution < -0.4 is 0 Å². The van der Waals surface area contributed by atoms with Crippen LogP contribution in [0.1, 0.15) is 29.7 Å². The lowest BCUT2D eigenvalue weighted by molar-refractivity contribution is 0.274. The van der Waals surface area contributed by atoms with Crippen LogP contribution in [0.4, 0.5) is 0 Å². The summed E-state index contributed by atoms with van der Waals surface area (Å²) >= 11 is 0. The van der Waals surface area contributed by atoms with Crippen LogP contribution in [0.25, 0.3) is 0 Å². The van der Waals surface area contributed by atoms with E-state index < -0.39 is 0 Å². The fraction of sp³-hybridized carbons (Fsp3) is 0.636. The average molecular weight is 177 g/mol. The van der Waals surface area contributed by atoms with Crippen molar-refractivity contribution >= 4 is 0 Å². The van der Waals surface area contributed by atoms with Crippen molar-refractivity contribution in [2.24, 2.45) is 7.05 Å². The molecule has 1 aromatic rings. The van der Waals surface area contributed by atoms with E-state index in [0.717, 1.165) is 6.61 Å². The van der Waals surface area contributed by atoms with Crippen LogP contribution in [-0.4, -0.2) is 11.2 Å². The first kappa shape index (κ1) is 7.63. The van der Waals surface area contributed by atoms with Crippen molar-refractivity contribution < 1.29 is 4.74 Å². The maximum atomic E-state index is 5.64. The maximum absolute atomic E-state index is 5.64. The van der Waals surface area contributed by atoms with Gasteiger partial charge in [0.2, 0.25) is 0 Å². The fourth-order valence-corrected chi connectivity index (χ4v) is 2.80. The SMILES string of the molecule is Cc1cn(C)c2c1C1(CCC2)CO1. The Labute approximate surface area is 78.5 Å². The normalized spacial score (nSPS) is 30.6. The topological polar surface area (TPSA) is 17.5 Å². The first-order valence-corrected chi connectivity index (χ1v) is 5.02. The molecule has 70 valence electrons. The molecule has 1 saturated heterocycles. The summed E-state index contributed by atoms with van der Waals surface area (Å²) in [7, 11) is 2.15. The molecular formula is C11H15NO. The van der Waals surface area contributed by atoms with Crippen LogP contribution in [0.3, 0.4) is 0 Å². The van der Waals surface area contributed by atoms with Gasteiger partial charge in [0.25, 0.3) is 0 Å². The van der Waals surface area contributed by atoms with E-state index in [-0.39, 0.29) is 5.60 Å². The van der Waals surface area contributed by atoms with Crippen molar-refractivity contribution in [3.8, 4) is 0 Å². The molecule has 1 unspecified atom stereocenters. The summed E-state index contributed by atoms with van der Waals surface area (Å²) in [5.74, 6) is 0. The number of rotatable bonds is 0. The summed E-state index contributed by atoms with van der Waals surface area (Å²) in [4.78, 5) is 0. The van der Waals surface area contributed by atoms with E-state index in [4.69, 9.17) is 4.74 Å². The van der Waals surface area contributed by atoms with Crippen LogP contribution in [0.15, 0.2) is 6.20 Å². The van der Waals surface area contributed by atoms with Crippen LogP contribution in [0.2, 0.25) is 0 Å². The van der Waals surface area contributed by atoms with Gasteiger partial charge in [-0.1, -0.05) is 0 Å². The van der Waals surface area contributed by atoms with Crippen molar-refractivity contribution in [2.45, 2.75) is 31.8 Å². The molecule has 0 N–H and O–H groups in total. The second kappa shape index (κ2) is 2.18. The van der Waals surface area contributed by atoms with Crippen LogP contribution >= 0.6 is 0 Å². The van der Waals surface area contributed by atoms with Crippen LogP contribution in [0.5, 0.6) is 0 Å². The third-order valence-electron chi connectivity index (χ3n) is 3.44. The highest BCUT2D eigenvalue weighted by Gasteiger charge is 2.50. The number of aromatic nitrogens is 1. The predicted molar refractivity (Wildman–Crippen MR) is 50.7 cm³/mol. The standard InChI is InChI=1S/C11H15NO/c1-8-6-12(2)9-4-3-5-11(7-13-11)10(8)9/h6H,3-5,7H2,1-2H3. The van der Waals surface area contributed by atoms with E-state index in [9.17, 15) is 0 Å². The maximum Gasteiger partial charge on any atom is 0.119 e. The van der Waals surface area contributed by atoms with Gasteiger partial charge in [-0.05, 0) is 31.7 Å². The zero-order valence-corrected chi connectivity index (χ0v) is 8.26. The predicted octanol–water partition coefficient (Wildman–Crippen LogP) is 1.90. The van der Waals surface area contributed by atoms with E-state index in [1.54, 1.807) is 0 Å². The molecule has 1 atom stereocenters. The van der Waals surface area contributed by atoms with Gasteiger partial charge in [-0.2, -0.15) is 0 Å². The molecule has 13 heavy (non-hydrogen) atoms. The van der Waals surface area contributed by atoms with Crippen molar-refractivity contribution in [3.05, 3.63) is 23.0 Å². The molecule has 0 amide bonds. The van der Waals surface area contributed by atoms with Crippen molar-refractivity contribution in [2.75, 3.05) is 6.61 Å². The third kappa shape index (κ3) is 0.869. The van der Waals surface area contributed by atoms with Gasteiger partial charge in [0.05, 0.1) is 6.61 Å². The van der Waals surface area contributed by atoms with E-state index >= 15 is 0 Å². The minimum Gasteiger partial charge on any atom is -0.364 e. The Morgan fingerprint density at radius 2 is 2.31 bits per heavy atom. The molecule has 0 radical (unpaired) electrons. The Morgan fingerprint density at radius 1 is 1.54 bits per heavy atom. The lowest BCUT2D eigenvalue weighted by atomic mass is 9.85. The summed E-state index contributed by atoms with van der Waals surface area (Å²) in [6.45, 7) is 3.15. The van der Waals surface area contributed by atoms with E-state index in [1.807, 2.05) is 0 Å². The molecule has 1 aliphatic carbocycles. The van der Waals surface area contributed by atoms with Gasteiger partial charge >= 0.3 is 0 Å². The molecule has 1 aromatic heterocycles. The third-order valence-corrected chi connectivity index (χ3v) is 3.44. The number of ether oxygens (including phenoxy) is 1. The molecule has 2 nitrogen and oxygen atoms in total. The summed E-state index contributed by atoms with van der Waals surface area (Å²) in [5.41, 5.74) is 4.57. The lowest BCUT2D eigenvalue weighted by Gasteiger charge is -2.20. The lowest BCUT2D eigenvalue weighted by Crippen LogP contribution is -2.18. The van der Waals surface area contributed by atoms with Gasteiger partial charge in [-0.3, -0.25) is 0 Å². The quantitative estimate of drug-likeness (QED) is 0.553. The number of epoxide rings is 1. The second-order valence-electron chi connectivity index (χ2n) is 4.38. The minimum absolute atomic E-state index is 0.152. The Balaban J connectivity index is 2.22. The minimum atomic E-state index is 0.152. The van der Waals surface area contributed by atoms with Crippen molar-refractivity contribution in [1.82, 2.24) is 4.57 Å². The average Bonchev–Trinajstić information content (AvgIpc) is 2.77. The number of nitrogens with zero attached hydrogens (tertiary/aromatic N) is 1. The van der Waals surface area contributed by atoms with Gasteiger partial charge in [-0.25, -0.2) is 0 Å². The Hall–Kier alpha value is -0.760.